The summed E-state index contributed by atoms with van der Waals surface area (Å²) in [5, 5.41) is 3.50. The maximum absolute atomic E-state index is 3.50. The molecule has 13 heavy (non-hydrogen) atoms. The van der Waals surface area contributed by atoms with E-state index in [-0.39, 0.29) is 0 Å². The van der Waals surface area contributed by atoms with Gasteiger partial charge < -0.3 is 5.32 Å². The van der Waals surface area contributed by atoms with Crippen LogP contribution in [-0.4, -0.2) is 13.1 Å². The third-order valence-corrected chi connectivity index (χ3v) is 2.53. The average molecular weight is 179 g/mol. The molecule has 0 bridgehead atoms. The number of rotatable bonds is 5. The highest BCUT2D eigenvalue weighted by Crippen LogP contribution is 2.16. The van der Waals surface area contributed by atoms with Crippen molar-refractivity contribution in [3.63, 3.8) is 0 Å². The summed E-state index contributed by atoms with van der Waals surface area (Å²) in [5.41, 5.74) is 0. The van der Waals surface area contributed by atoms with Crippen LogP contribution in [0, 0.1) is 5.92 Å². The summed E-state index contributed by atoms with van der Waals surface area (Å²) in [4.78, 5) is 0. The van der Waals surface area contributed by atoms with Crippen LogP contribution < -0.4 is 5.32 Å². The lowest BCUT2D eigenvalue weighted by molar-refractivity contribution is 0.443. The second-order valence-corrected chi connectivity index (χ2v) is 3.71. The van der Waals surface area contributed by atoms with Gasteiger partial charge in [-0.3, -0.25) is 0 Å². The third kappa shape index (κ3) is 4.89. The van der Waals surface area contributed by atoms with Crippen LogP contribution in [0.1, 0.15) is 32.6 Å². The number of allylic oxidation sites excluding steroid dienone is 3. The topological polar surface area (TPSA) is 12.0 Å². The van der Waals surface area contributed by atoms with E-state index >= 15 is 0 Å². The van der Waals surface area contributed by atoms with E-state index in [9.17, 15) is 0 Å². The molecule has 1 aliphatic rings. The quantitative estimate of drug-likeness (QED) is 0.505. The fraction of sp³-hybridized carbons (Fsp3) is 0.667. The molecule has 0 aliphatic heterocycles. The molecule has 0 aromatic carbocycles. The molecule has 0 radical (unpaired) electrons. The van der Waals surface area contributed by atoms with Gasteiger partial charge in [0.25, 0.3) is 0 Å². The Labute approximate surface area is 81.9 Å². The summed E-state index contributed by atoms with van der Waals surface area (Å²) < 4.78 is 0. The van der Waals surface area contributed by atoms with Crippen molar-refractivity contribution in [3.05, 3.63) is 24.3 Å². The minimum Gasteiger partial charge on any atom is -0.316 e. The fourth-order valence-corrected chi connectivity index (χ4v) is 1.70. The molecule has 0 fully saturated rings. The molecule has 1 heteroatoms. The van der Waals surface area contributed by atoms with Crippen molar-refractivity contribution in [2.24, 2.45) is 5.92 Å². The predicted octanol–water partition coefficient (Wildman–Crippen LogP) is 2.90. The molecule has 1 aliphatic carbocycles. The molecule has 0 aromatic heterocycles. The van der Waals surface area contributed by atoms with Crippen molar-refractivity contribution >= 4 is 0 Å². The van der Waals surface area contributed by atoms with Gasteiger partial charge in [0, 0.05) is 0 Å². The van der Waals surface area contributed by atoms with Gasteiger partial charge in [0.2, 0.25) is 0 Å². The first-order chi connectivity index (χ1) is 6.43. The average Bonchev–Trinajstić information content (AvgIpc) is 2.19. The molecule has 0 amide bonds. The van der Waals surface area contributed by atoms with Crippen LogP contribution in [0.15, 0.2) is 24.3 Å². The normalized spacial score (nSPS) is 22.7. The highest BCUT2D eigenvalue weighted by molar-refractivity contribution is 4.90. The van der Waals surface area contributed by atoms with Crippen LogP contribution in [0.5, 0.6) is 0 Å². The van der Waals surface area contributed by atoms with Crippen LogP contribution in [0.25, 0.3) is 0 Å². The van der Waals surface area contributed by atoms with Crippen LogP contribution in [0.3, 0.4) is 0 Å². The number of hydrogen-bond acceptors (Lipinski definition) is 1. The maximum Gasteiger partial charge on any atom is -0.00142 e. The zero-order valence-electron chi connectivity index (χ0n) is 8.63. The Bertz CT molecular complexity index is 170. The smallest absolute Gasteiger partial charge is 0.00142 e. The second-order valence-electron chi connectivity index (χ2n) is 3.71. The van der Waals surface area contributed by atoms with Gasteiger partial charge in [0.15, 0.2) is 0 Å². The number of hydrogen-bond donors (Lipinski definition) is 1. The van der Waals surface area contributed by atoms with Gasteiger partial charge >= 0.3 is 0 Å². The fourth-order valence-electron chi connectivity index (χ4n) is 1.70. The van der Waals surface area contributed by atoms with Gasteiger partial charge in [-0.25, -0.2) is 0 Å². The first kappa shape index (κ1) is 10.5. The lowest BCUT2D eigenvalue weighted by Gasteiger charge is -2.17. The zero-order valence-corrected chi connectivity index (χ0v) is 8.63. The van der Waals surface area contributed by atoms with Crippen LogP contribution >= 0.6 is 0 Å². The summed E-state index contributed by atoms with van der Waals surface area (Å²) in [7, 11) is 0. The van der Waals surface area contributed by atoms with E-state index in [4.69, 9.17) is 0 Å². The molecule has 1 atom stereocenters. The summed E-state index contributed by atoms with van der Waals surface area (Å²) >= 11 is 0. The lowest BCUT2D eigenvalue weighted by Crippen LogP contribution is -2.24. The Morgan fingerprint density at radius 1 is 1.46 bits per heavy atom. The Kier molecular flexibility index (Phi) is 5.59. The Balaban J connectivity index is 1.96. The Morgan fingerprint density at radius 2 is 2.38 bits per heavy atom. The van der Waals surface area contributed by atoms with Crippen molar-refractivity contribution in [2.45, 2.75) is 32.6 Å². The van der Waals surface area contributed by atoms with Crippen LogP contribution in [0.2, 0.25) is 0 Å². The molecule has 1 rings (SSSR count). The lowest BCUT2D eigenvalue weighted by atomic mass is 9.94. The Hall–Kier alpha value is -0.560. The summed E-state index contributed by atoms with van der Waals surface area (Å²) in [6, 6.07) is 0. The van der Waals surface area contributed by atoms with Crippen LogP contribution in [0.4, 0.5) is 0 Å². The molecular weight excluding hydrogens is 158 g/mol. The van der Waals surface area contributed by atoms with E-state index < -0.39 is 0 Å². The standard InChI is InChI=1S/C12H21N/c1-2-3-7-10-13-11-12-8-5-4-6-9-12/h2-5,12-13H,6-11H2,1H3/b3-2+. The molecule has 0 saturated heterocycles. The largest absolute Gasteiger partial charge is 0.316 e. The highest BCUT2D eigenvalue weighted by atomic mass is 14.8. The molecule has 74 valence electrons. The summed E-state index contributed by atoms with van der Waals surface area (Å²) in [6.45, 7) is 4.40. The van der Waals surface area contributed by atoms with E-state index in [0.29, 0.717) is 0 Å². The predicted molar refractivity (Wildman–Crippen MR) is 58.8 cm³/mol. The van der Waals surface area contributed by atoms with Crippen molar-refractivity contribution in [2.75, 3.05) is 13.1 Å². The van der Waals surface area contributed by atoms with Gasteiger partial charge in [-0.15, -0.1) is 0 Å². The second kappa shape index (κ2) is 6.90. The molecule has 1 nitrogen and oxygen atoms in total. The molecule has 0 spiro atoms. The SMILES string of the molecule is C/C=C/CCNCC1CC=CCC1. The van der Waals surface area contributed by atoms with Crippen LogP contribution in [-0.2, 0) is 0 Å². The molecule has 0 aromatic rings. The molecule has 0 heterocycles. The molecule has 0 saturated carbocycles. The molecule has 1 N–H and O–H groups in total. The number of nitrogens with one attached hydrogen (secondary N) is 1. The van der Waals surface area contributed by atoms with E-state index in [1.54, 1.807) is 0 Å². The third-order valence-electron chi connectivity index (χ3n) is 2.53. The maximum atomic E-state index is 3.50. The molecule has 1 unspecified atom stereocenters. The first-order valence-electron chi connectivity index (χ1n) is 5.40. The van der Waals surface area contributed by atoms with Crippen molar-refractivity contribution in [3.8, 4) is 0 Å². The minimum absolute atomic E-state index is 0.885. The van der Waals surface area contributed by atoms with E-state index in [1.807, 2.05) is 0 Å². The van der Waals surface area contributed by atoms with Gasteiger partial charge in [0.05, 0.1) is 0 Å². The highest BCUT2D eigenvalue weighted by Gasteiger charge is 2.07. The summed E-state index contributed by atoms with van der Waals surface area (Å²) in [6.07, 6.45) is 14.0. The molecular formula is C12H21N. The summed E-state index contributed by atoms with van der Waals surface area (Å²) in [5.74, 6) is 0.885. The van der Waals surface area contributed by atoms with Crippen molar-refractivity contribution < 1.29 is 0 Å². The van der Waals surface area contributed by atoms with Gasteiger partial charge in [-0.05, 0) is 51.6 Å². The van der Waals surface area contributed by atoms with Gasteiger partial charge in [-0.2, -0.15) is 0 Å². The van der Waals surface area contributed by atoms with Crippen molar-refractivity contribution in [1.82, 2.24) is 5.32 Å². The monoisotopic (exact) mass is 179 g/mol. The first-order valence-corrected chi connectivity index (χ1v) is 5.40. The van der Waals surface area contributed by atoms with Gasteiger partial charge in [0.1, 0.15) is 0 Å². The van der Waals surface area contributed by atoms with Gasteiger partial charge in [-0.1, -0.05) is 24.3 Å². The Morgan fingerprint density at radius 3 is 3.08 bits per heavy atom. The minimum atomic E-state index is 0.885. The van der Waals surface area contributed by atoms with E-state index in [2.05, 4.69) is 36.5 Å². The zero-order chi connectivity index (χ0) is 9.36. The van der Waals surface area contributed by atoms with Crippen molar-refractivity contribution in [1.29, 1.82) is 0 Å². The van der Waals surface area contributed by atoms with E-state index in [1.165, 1.54) is 32.2 Å². The van der Waals surface area contributed by atoms with E-state index in [0.717, 1.165) is 12.5 Å².